The average molecular weight is 329 g/mol. The molecule has 0 bridgehead atoms. The summed E-state index contributed by atoms with van der Waals surface area (Å²) < 4.78 is 5.59. The zero-order chi connectivity index (χ0) is 14.4. The monoisotopic (exact) mass is 328 g/mol. The van der Waals surface area contributed by atoms with Gasteiger partial charge in [-0.2, -0.15) is 0 Å². The number of carboxylic acid groups (broad SMARTS) is 1. The third kappa shape index (κ3) is 4.63. The summed E-state index contributed by atoms with van der Waals surface area (Å²) in [6.07, 6.45) is 0. The first kappa shape index (κ1) is 15.0. The number of hydrogen-bond donors (Lipinski definition) is 3. The molecule has 0 saturated carbocycles. The number of carbonyl (C=O) groups excluding carboxylic acids is 1. The lowest BCUT2D eigenvalue weighted by molar-refractivity contribution is 0.0693. The van der Waals surface area contributed by atoms with Crippen LogP contribution in [0.15, 0.2) is 29.3 Å². The molecule has 0 aliphatic carbocycles. The Morgan fingerprint density at radius 3 is 2.68 bits per heavy atom. The summed E-state index contributed by atoms with van der Waals surface area (Å²) in [6.45, 7) is 3.87. The van der Waals surface area contributed by atoms with Crippen LogP contribution < -0.4 is 15.4 Å². The minimum atomic E-state index is -1.09. The molecular weight excluding hydrogens is 316 g/mol. The fourth-order valence-electron chi connectivity index (χ4n) is 1.30. The van der Waals surface area contributed by atoms with Crippen molar-refractivity contribution < 1.29 is 19.4 Å². The lowest BCUT2D eigenvalue weighted by atomic mass is 10.2. The number of halogens is 1. The molecule has 0 radical (unpaired) electrons. The van der Waals surface area contributed by atoms with Gasteiger partial charge in [-0.3, -0.25) is 0 Å². The van der Waals surface area contributed by atoms with Gasteiger partial charge in [0.25, 0.3) is 0 Å². The number of carbonyl (C=O) groups is 2. The molecule has 19 heavy (non-hydrogen) atoms. The second kappa shape index (κ2) is 6.79. The molecule has 0 aromatic heterocycles. The summed E-state index contributed by atoms with van der Waals surface area (Å²) in [5.74, 6) is -0.918. The van der Waals surface area contributed by atoms with Gasteiger partial charge >= 0.3 is 12.0 Å². The highest BCUT2D eigenvalue weighted by atomic mass is 79.9. The van der Waals surface area contributed by atoms with Gasteiger partial charge in [-0.15, -0.1) is 0 Å². The molecule has 102 valence electrons. The number of nitrogens with one attached hydrogen (secondary N) is 2. The van der Waals surface area contributed by atoms with Gasteiger partial charge in [0.1, 0.15) is 11.3 Å². The number of anilines is 1. The smallest absolute Gasteiger partial charge is 0.339 e. The Bertz CT molecular complexity index is 516. The summed E-state index contributed by atoms with van der Waals surface area (Å²) in [5, 5.41) is 14.0. The number of benzene rings is 1. The van der Waals surface area contributed by atoms with E-state index < -0.39 is 12.0 Å². The molecule has 0 aliphatic rings. The van der Waals surface area contributed by atoms with Crippen molar-refractivity contribution in [3.8, 4) is 5.75 Å². The Morgan fingerprint density at radius 1 is 1.47 bits per heavy atom. The predicted octanol–water partition coefficient (Wildman–Crippen LogP) is 2.42. The van der Waals surface area contributed by atoms with Crippen molar-refractivity contribution >= 4 is 33.6 Å². The van der Waals surface area contributed by atoms with Crippen molar-refractivity contribution in [2.75, 3.05) is 19.0 Å². The molecule has 1 rings (SSSR count). The number of amides is 2. The molecule has 3 N–H and O–H groups in total. The minimum absolute atomic E-state index is 0.0299. The second-order valence-electron chi connectivity index (χ2n) is 3.55. The number of ether oxygens (including phenoxy) is 1. The first-order valence-electron chi connectivity index (χ1n) is 5.23. The zero-order valence-corrected chi connectivity index (χ0v) is 11.8. The van der Waals surface area contributed by atoms with E-state index in [2.05, 4.69) is 33.1 Å². The fourth-order valence-corrected chi connectivity index (χ4v) is 1.44. The summed E-state index contributed by atoms with van der Waals surface area (Å²) >= 11 is 3.11. The maximum absolute atomic E-state index is 11.5. The van der Waals surface area contributed by atoms with E-state index in [1.807, 2.05) is 0 Å². The first-order chi connectivity index (χ1) is 8.93. The van der Waals surface area contributed by atoms with E-state index in [0.29, 0.717) is 10.2 Å². The SMILES string of the molecule is C=C(Br)CNC(=O)Nc1ccc(C(=O)O)c(OC)c1. The maximum atomic E-state index is 11.5. The molecule has 7 heteroatoms. The third-order valence-electron chi connectivity index (χ3n) is 2.13. The highest BCUT2D eigenvalue weighted by molar-refractivity contribution is 9.11. The van der Waals surface area contributed by atoms with Crippen LogP contribution in [-0.4, -0.2) is 30.8 Å². The van der Waals surface area contributed by atoms with E-state index in [4.69, 9.17) is 9.84 Å². The Morgan fingerprint density at radius 2 is 2.16 bits per heavy atom. The van der Waals surface area contributed by atoms with Crippen LogP contribution in [0.4, 0.5) is 10.5 Å². The van der Waals surface area contributed by atoms with E-state index in [1.54, 1.807) is 0 Å². The molecule has 0 spiro atoms. The normalized spacial score (nSPS) is 9.58. The number of methoxy groups -OCH3 is 1. The maximum Gasteiger partial charge on any atom is 0.339 e. The highest BCUT2D eigenvalue weighted by Crippen LogP contribution is 2.23. The quantitative estimate of drug-likeness (QED) is 0.774. The van der Waals surface area contributed by atoms with Gasteiger partial charge in [0.15, 0.2) is 0 Å². The number of rotatable bonds is 5. The number of urea groups is 1. The largest absolute Gasteiger partial charge is 0.496 e. The Labute approximate surface area is 118 Å². The van der Waals surface area contributed by atoms with Crippen molar-refractivity contribution in [3.63, 3.8) is 0 Å². The first-order valence-corrected chi connectivity index (χ1v) is 6.02. The van der Waals surface area contributed by atoms with Crippen LogP contribution in [-0.2, 0) is 0 Å². The standard InChI is InChI=1S/C12H13BrN2O4/c1-7(13)6-14-12(18)15-8-3-4-9(11(16)17)10(5-8)19-2/h3-5H,1,6H2,2H3,(H,16,17)(H2,14,15,18). The second-order valence-corrected chi connectivity index (χ2v) is 4.67. The van der Waals surface area contributed by atoms with E-state index in [9.17, 15) is 9.59 Å². The van der Waals surface area contributed by atoms with Gasteiger partial charge in [0, 0.05) is 16.2 Å². The van der Waals surface area contributed by atoms with Crippen molar-refractivity contribution in [2.24, 2.45) is 0 Å². The van der Waals surface area contributed by atoms with Crippen molar-refractivity contribution in [2.45, 2.75) is 0 Å². The van der Waals surface area contributed by atoms with Gasteiger partial charge in [0.2, 0.25) is 0 Å². The van der Waals surface area contributed by atoms with E-state index in [1.165, 1.54) is 25.3 Å². The Kier molecular flexibility index (Phi) is 5.37. The van der Waals surface area contributed by atoms with Crippen LogP contribution in [0.1, 0.15) is 10.4 Å². The Hall–Kier alpha value is -2.02. The minimum Gasteiger partial charge on any atom is -0.496 e. The van der Waals surface area contributed by atoms with Gasteiger partial charge in [-0.1, -0.05) is 22.5 Å². The van der Waals surface area contributed by atoms with Crippen molar-refractivity contribution in [3.05, 3.63) is 34.8 Å². The van der Waals surface area contributed by atoms with Gasteiger partial charge < -0.3 is 20.5 Å². The Balaban J connectivity index is 2.77. The lowest BCUT2D eigenvalue weighted by Crippen LogP contribution is -2.29. The number of carboxylic acids is 1. The lowest BCUT2D eigenvalue weighted by Gasteiger charge is -2.10. The summed E-state index contributed by atoms with van der Waals surface area (Å²) in [4.78, 5) is 22.4. The molecule has 6 nitrogen and oxygen atoms in total. The molecule has 0 unspecified atom stereocenters. The predicted molar refractivity (Wildman–Crippen MR) is 75.0 cm³/mol. The highest BCUT2D eigenvalue weighted by Gasteiger charge is 2.12. The van der Waals surface area contributed by atoms with E-state index >= 15 is 0 Å². The zero-order valence-electron chi connectivity index (χ0n) is 10.2. The van der Waals surface area contributed by atoms with Crippen LogP contribution in [0.3, 0.4) is 0 Å². The molecule has 0 fully saturated rings. The number of aromatic carboxylic acids is 1. The molecule has 0 aliphatic heterocycles. The van der Waals surface area contributed by atoms with Gasteiger partial charge in [0.05, 0.1) is 13.7 Å². The van der Waals surface area contributed by atoms with Crippen LogP contribution in [0, 0.1) is 0 Å². The van der Waals surface area contributed by atoms with Crippen LogP contribution >= 0.6 is 15.9 Å². The number of hydrogen-bond acceptors (Lipinski definition) is 3. The van der Waals surface area contributed by atoms with E-state index in [-0.39, 0.29) is 17.9 Å². The summed E-state index contributed by atoms with van der Waals surface area (Å²) in [6, 6.07) is 3.85. The molecule has 0 heterocycles. The van der Waals surface area contributed by atoms with Crippen LogP contribution in [0.5, 0.6) is 5.75 Å². The third-order valence-corrected chi connectivity index (χ3v) is 2.41. The topological polar surface area (TPSA) is 87.7 Å². The van der Waals surface area contributed by atoms with Gasteiger partial charge in [-0.05, 0) is 12.1 Å². The van der Waals surface area contributed by atoms with Gasteiger partial charge in [-0.25, -0.2) is 9.59 Å². The molecule has 1 aromatic rings. The molecule has 1 aromatic carbocycles. The summed E-state index contributed by atoms with van der Waals surface area (Å²) in [5.41, 5.74) is 0.460. The van der Waals surface area contributed by atoms with Crippen LogP contribution in [0.2, 0.25) is 0 Å². The van der Waals surface area contributed by atoms with E-state index in [0.717, 1.165) is 0 Å². The van der Waals surface area contributed by atoms with Crippen molar-refractivity contribution in [1.82, 2.24) is 5.32 Å². The molecule has 2 amide bonds. The molecular formula is C12H13BrN2O4. The van der Waals surface area contributed by atoms with Crippen LogP contribution in [0.25, 0.3) is 0 Å². The molecule has 0 atom stereocenters. The molecule has 0 saturated heterocycles. The average Bonchev–Trinajstić information content (AvgIpc) is 2.35. The summed E-state index contributed by atoms with van der Waals surface area (Å²) in [7, 11) is 1.36. The fraction of sp³-hybridized carbons (Fsp3) is 0.167. The van der Waals surface area contributed by atoms with Crippen molar-refractivity contribution in [1.29, 1.82) is 0 Å².